The first kappa shape index (κ1) is 16.4. The molecular formula is C28H21N. The predicted octanol–water partition coefficient (Wildman–Crippen LogP) is 7.46. The van der Waals surface area contributed by atoms with E-state index in [0.29, 0.717) is 0 Å². The van der Waals surface area contributed by atoms with Crippen molar-refractivity contribution < 1.29 is 0 Å². The molecule has 6 aromatic rings. The first-order valence-corrected chi connectivity index (χ1v) is 10.2. The zero-order chi connectivity index (χ0) is 19.4. The Labute approximate surface area is 169 Å². The number of aromatic nitrogens is 1. The standard InChI is InChI=1S/C28H21N/c1-19-23-13-4-3-10-21(23)17-26-25-15-6-7-16-27(25)29(28(19)26)18-22-12-8-11-20-9-2-5-14-24(20)22/h2-17H,18H2,1H3. The highest BCUT2D eigenvalue weighted by Crippen LogP contribution is 2.36. The summed E-state index contributed by atoms with van der Waals surface area (Å²) in [6, 6.07) is 35.2. The van der Waals surface area contributed by atoms with E-state index < -0.39 is 0 Å². The third-order valence-corrected chi connectivity index (χ3v) is 6.24. The highest BCUT2D eigenvalue weighted by Gasteiger charge is 2.15. The van der Waals surface area contributed by atoms with Gasteiger partial charge in [0.25, 0.3) is 0 Å². The van der Waals surface area contributed by atoms with Crippen LogP contribution in [0.5, 0.6) is 0 Å². The summed E-state index contributed by atoms with van der Waals surface area (Å²) >= 11 is 0. The summed E-state index contributed by atoms with van der Waals surface area (Å²) in [5.74, 6) is 0. The van der Waals surface area contributed by atoms with Crippen LogP contribution in [0.4, 0.5) is 0 Å². The molecule has 1 heterocycles. The molecule has 0 saturated carbocycles. The van der Waals surface area contributed by atoms with Gasteiger partial charge in [0.2, 0.25) is 0 Å². The Balaban J connectivity index is 1.71. The maximum Gasteiger partial charge on any atom is 0.0530 e. The van der Waals surface area contributed by atoms with Gasteiger partial charge in [-0.2, -0.15) is 0 Å². The summed E-state index contributed by atoms with van der Waals surface area (Å²) in [5.41, 5.74) is 5.36. The normalized spacial score (nSPS) is 11.8. The minimum atomic E-state index is 0.866. The minimum absolute atomic E-state index is 0.866. The van der Waals surface area contributed by atoms with Gasteiger partial charge in [0, 0.05) is 22.8 Å². The van der Waals surface area contributed by atoms with Crippen LogP contribution in [-0.4, -0.2) is 4.57 Å². The number of hydrogen-bond acceptors (Lipinski definition) is 0. The van der Waals surface area contributed by atoms with Crippen LogP contribution in [0.3, 0.4) is 0 Å². The molecule has 0 atom stereocenters. The number of nitrogens with zero attached hydrogens (tertiary/aromatic N) is 1. The molecule has 0 fully saturated rings. The smallest absolute Gasteiger partial charge is 0.0530 e. The molecule has 0 aliphatic heterocycles. The molecule has 0 aliphatic rings. The monoisotopic (exact) mass is 371 g/mol. The lowest BCUT2D eigenvalue weighted by molar-refractivity contribution is 0.874. The fourth-order valence-corrected chi connectivity index (χ4v) is 4.89. The summed E-state index contributed by atoms with van der Waals surface area (Å²) in [5, 5.41) is 7.95. The number of aryl methyl sites for hydroxylation is 1. The number of hydrogen-bond donors (Lipinski definition) is 0. The van der Waals surface area contributed by atoms with Crippen molar-refractivity contribution in [3.8, 4) is 0 Å². The van der Waals surface area contributed by atoms with Gasteiger partial charge in [-0.15, -0.1) is 0 Å². The molecule has 1 heteroatoms. The Morgan fingerprint density at radius 2 is 1.24 bits per heavy atom. The van der Waals surface area contributed by atoms with Gasteiger partial charge in [0.15, 0.2) is 0 Å². The van der Waals surface area contributed by atoms with Crippen LogP contribution < -0.4 is 0 Å². The van der Waals surface area contributed by atoms with Crippen LogP contribution >= 0.6 is 0 Å². The van der Waals surface area contributed by atoms with E-state index in [4.69, 9.17) is 0 Å². The first-order chi connectivity index (χ1) is 14.3. The third-order valence-electron chi connectivity index (χ3n) is 6.24. The van der Waals surface area contributed by atoms with Crippen molar-refractivity contribution in [3.05, 3.63) is 108 Å². The Hall–Kier alpha value is -3.58. The second-order valence-electron chi connectivity index (χ2n) is 7.86. The molecule has 0 radical (unpaired) electrons. The topological polar surface area (TPSA) is 4.93 Å². The molecule has 0 saturated heterocycles. The maximum atomic E-state index is 2.51. The quantitative estimate of drug-likeness (QED) is 0.298. The van der Waals surface area contributed by atoms with Crippen molar-refractivity contribution in [1.29, 1.82) is 0 Å². The van der Waals surface area contributed by atoms with Crippen LogP contribution in [-0.2, 0) is 6.54 Å². The van der Waals surface area contributed by atoms with Crippen LogP contribution in [0.25, 0.3) is 43.4 Å². The Bertz CT molecular complexity index is 1530. The molecule has 6 rings (SSSR count). The molecule has 29 heavy (non-hydrogen) atoms. The summed E-state index contributed by atoms with van der Waals surface area (Å²) < 4.78 is 2.51. The predicted molar refractivity (Wildman–Crippen MR) is 125 cm³/mol. The molecule has 0 amide bonds. The van der Waals surface area contributed by atoms with E-state index in [9.17, 15) is 0 Å². The molecule has 0 bridgehead atoms. The second-order valence-corrected chi connectivity index (χ2v) is 7.86. The fourth-order valence-electron chi connectivity index (χ4n) is 4.89. The van der Waals surface area contributed by atoms with Gasteiger partial charge in [0.05, 0.1) is 5.52 Å². The average Bonchev–Trinajstić information content (AvgIpc) is 3.08. The Morgan fingerprint density at radius 1 is 0.586 bits per heavy atom. The highest BCUT2D eigenvalue weighted by atomic mass is 15.0. The third kappa shape index (κ3) is 2.41. The average molecular weight is 371 g/mol. The van der Waals surface area contributed by atoms with Gasteiger partial charge < -0.3 is 4.57 Å². The molecule has 1 nitrogen and oxygen atoms in total. The van der Waals surface area contributed by atoms with Crippen LogP contribution in [0.15, 0.2) is 97.1 Å². The van der Waals surface area contributed by atoms with Crippen molar-refractivity contribution in [1.82, 2.24) is 4.57 Å². The van der Waals surface area contributed by atoms with Crippen LogP contribution in [0, 0.1) is 6.92 Å². The van der Waals surface area contributed by atoms with Gasteiger partial charge >= 0.3 is 0 Å². The van der Waals surface area contributed by atoms with E-state index in [-0.39, 0.29) is 0 Å². The Morgan fingerprint density at radius 3 is 2.10 bits per heavy atom. The lowest BCUT2D eigenvalue weighted by Gasteiger charge is -2.13. The van der Waals surface area contributed by atoms with Crippen LogP contribution in [0.1, 0.15) is 11.1 Å². The second kappa shape index (κ2) is 6.22. The molecule has 0 aliphatic carbocycles. The molecular weight excluding hydrogens is 350 g/mol. The number of para-hydroxylation sites is 1. The van der Waals surface area contributed by atoms with Gasteiger partial charge in [-0.3, -0.25) is 0 Å². The molecule has 138 valence electrons. The number of fused-ring (bicyclic) bond motifs is 5. The molecule has 0 spiro atoms. The largest absolute Gasteiger partial charge is 0.336 e. The zero-order valence-electron chi connectivity index (χ0n) is 16.4. The first-order valence-electron chi connectivity index (χ1n) is 10.2. The van der Waals surface area contributed by atoms with Crippen molar-refractivity contribution in [3.63, 3.8) is 0 Å². The molecule has 5 aromatic carbocycles. The SMILES string of the molecule is Cc1c2ccccc2cc2c3ccccc3n(Cc3cccc4ccccc34)c12. The number of benzene rings is 5. The summed E-state index contributed by atoms with van der Waals surface area (Å²) in [7, 11) is 0. The van der Waals surface area contributed by atoms with Crippen molar-refractivity contribution in [2.45, 2.75) is 13.5 Å². The van der Waals surface area contributed by atoms with E-state index in [2.05, 4.69) is 109 Å². The van der Waals surface area contributed by atoms with Crippen molar-refractivity contribution in [2.75, 3.05) is 0 Å². The fraction of sp³-hybridized carbons (Fsp3) is 0.0714. The van der Waals surface area contributed by atoms with Crippen LogP contribution in [0.2, 0.25) is 0 Å². The van der Waals surface area contributed by atoms with E-state index in [0.717, 1.165) is 6.54 Å². The van der Waals surface area contributed by atoms with E-state index in [1.54, 1.807) is 0 Å². The minimum Gasteiger partial charge on any atom is -0.336 e. The molecule has 1 aromatic heterocycles. The number of rotatable bonds is 2. The van der Waals surface area contributed by atoms with Crippen molar-refractivity contribution in [2.24, 2.45) is 0 Å². The van der Waals surface area contributed by atoms with Crippen molar-refractivity contribution >= 4 is 43.4 Å². The van der Waals surface area contributed by atoms with E-state index in [1.807, 2.05) is 0 Å². The highest BCUT2D eigenvalue weighted by molar-refractivity contribution is 6.14. The Kier molecular flexibility index (Phi) is 3.51. The van der Waals surface area contributed by atoms with Gasteiger partial charge in [-0.05, 0) is 51.7 Å². The zero-order valence-corrected chi connectivity index (χ0v) is 16.4. The molecule has 0 N–H and O–H groups in total. The van der Waals surface area contributed by atoms with E-state index >= 15 is 0 Å². The summed E-state index contributed by atoms with van der Waals surface area (Å²) in [6.45, 7) is 3.13. The van der Waals surface area contributed by atoms with E-state index in [1.165, 1.54) is 54.5 Å². The summed E-state index contributed by atoms with van der Waals surface area (Å²) in [4.78, 5) is 0. The lowest BCUT2D eigenvalue weighted by atomic mass is 10.0. The lowest BCUT2D eigenvalue weighted by Crippen LogP contribution is -2.01. The van der Waals surface area contributed by atoms with Gasteiger partial charge in [-0.25, -0.2) is 0 Å². The maximum absolute atomic E-state index is 2.51. The van der Waals surface area contributed by atoms with Gasteiger partial charge in [0.1, 0.15) is 0 Å². The summed E-state index contributed by atoms with van der Waals surface area (Å²) in [6.07, 6.45) is 0. The van der Waals surface area contributed by atoms with Gasteiger partial charge in [-0.1, -0.05) is 84.9 Å². The molecule has 0 unspecified atom stereocenters.